The van der Waals surface area contributed by atoms with Crippen LogP contribution in [-0.4, -0.2) is 0 Å². The Kier molecular flexibility index (Phi) is 3.58. The summed E-state index contributed by atoms with van der Waals surface area (Å²) in [5.74, 6) is 0. The van der Waals surface area contributed by atoms with Crippen molar-refractivity contribution < 1.29 is 0 Å². The lowest BCUT2D eigenvalue weighted by atomic mass is 9.97. The first-order chi connectivity index (χ1) is 7.86. The zero-order valence-electron chi connectivity index (χ0n) is 8.99. The van der Waals surface area contributed by atoms with E-state index in [-0.39, 0.29) is 0 Å². The Balaban J connectivity index is 2.64. The SMILES string of the molecule is C=CC/C(=C\Br)c1cccc2ccccc12. The number of rotatable bonds is 3. The van der Waals surface area contributed by atoms with Crippen molar-refractivity contribution in [2.24, 2.45) is 0 Å². The fourth-order valence-electron chi connectivity index (χ4n) is 1.87. The Bertz CT molecular complexity index is 533. The number of allylic oxidation sites excluding steroid dienone is 2. The summed E-state index contributed by atoms with van der Waals surface area (Å²) < 4.78 is 0. The van der Waals surface area contributed by atoms with Gasteiger partial charge in [0.05, 0.1) is 0 Å². The molecule has 0 aliphatic carbocycles. The Morgan fingerprint density at radius 3 is 2.62 bits per heavy atom. The van der Waals surface area contributed by atoms with Crippen LogP contribution in [0.2, 0.25) is 0 Å². The highest BCUT2D eigenvalue weighted by Gasteiger charge is 2.03. The number of halogens is 1. The third kappa shape index (κ3) is 2.10. The zero-order chi connectivity index (χ0) is 11.4. The molecule has 0 aliphatic heterocycles. The van der Waals surface area contributed by atoms with E-state index in [1.54, 1.807) is 0 Å². The first-order valence-corrected chi connectivity index (χ1v) is 6.16. The van der Waals surface area contributed by atoms with Crippen LogP contribution in [0.1, 0.15) is 12.0 Å². The van der Waals surface area contributed by atoms with E-state index in [0.717, 1.165) is 6.42 Å². The summed E-state index contributed by atoms with van der Waals surface area (Å²) in [4.78, 5) is 1.98. The minimum absolute atomic E-state index is 0.874. The summed E-state index contributed by atoms with van der Waals surface area (Å²) in [6.45, 7) is 3.79. The lowest BCUT2D eigenvalue weighted by Crippen LogP contribution is -1.85. The molecule has 0 spiro atoms. The van der Waals surface area contributed by atoms with E-state index in [9.17, 15) is 0 Å². The zero-order valence-corrected chi connectivity index (χ0v) is 10.6. The molecule has 0 saturated carbocycles. The van der Waals surface area contributed by atoms with E-state index in [4.69, 9.17) is 0 Å². The molecular formula is C15H13Br. The summed E-state index contributed by atoms with van der Waals surface area (Å²) in [5.41, 5.74) is 2.53. The molecule has 0 radical (unpaired) electrons. The Morgan fingerprint density at radius 1 is 1.12 bits per heavy atom. The van der Waals surface area contributed by atoms with Crippen LogP contribution < -0.4 is 0 Å². The molecule has 0 N–H and O–H groups in total. The van der Waals surface area contributed by atoms with Crippen molar-refractivity contribution in [1.82, 2.24) is 0 Å². The summed E-state index contributed by atoms with van der Waals surface area (Å²) in [6, 6.07) is 14.8. The van der Waals surface area contributed by atoms with E-state index in [1.807, 2.05) is 11.1 Å². The van der Waals surface area contributed by atoms with Crippen molar-refractivity contribution in [3.63, 3.8) is 0 Å². The van der Waals surface area contributed by atoms with Gasteiger partial charge in [0, 0.05) is 0 Å². The van der Waals surface area contributed by atoms with Gasteiger partial charge in [0.2, 0.25) is 0 Å². The van der Waals surface area contributed by atoms with Crippen LogP contribution >= 0.6 is 15.9 Å². The maximum Gasteiger partial charge on any atom is -0.00888 e. The first-order valence-electron chi connectivity index (χ1n) is 5.25. The van der Waals surface area contributed by atoms with E-state index in [0.29, 0.717) is 0 Å². The highest BCUT2D eigenvalue weighted by atomic mass is 79.9. The molecule has 2 aromatic rings. The molecule has 0 aliphatic rings. The smallest absolute Gasteiger partial charge is 0.00888 e. The highest BCUT2D eigenvalue weighted by Crippen LogP contribution is 2.28. The minimum atomic E-state index is 0.874. The van der Waals surface area contributed by atoms with Crippen molar-refractivity contribution >= 4 is 32.3 Å². The van der Waals surface area contributed by atoms with Crippen LogP contribution in [0.15, 0.2) is 60.1 Å². The average Bonchev–Trinajstić information content (AvgIpc) is 2.35. The van der Waals surface area contributed by atoms with Crippen LogP contribution in [0, 0.1) is 0 Å². The standard InChI is InChI=1S/C15H13Br/c1-2-6-13(11-16)15-10-5-8-12-7-3-4-9-14(12)15/h2-5,7-11H,1,6H2/b13-11+. The van der Waals surface area contributed by atoms with E-state index in [2.05, 4.69) is 65.0 Å². The summed E-state index contributed by atoms with van der Waals surface area (Å²) in [6.07, 6.45) is 2.80. The Morgan fingerprint density at radius 2 is 1.88 bits per heavy atom. The predicted octanol–water partition coefficient (Wildman–Crippen LogP) is 5.15. The van der Waals surface area contributed by atoms with Gasteiger partial charge in [-0.2, -0.15) is 0 Å². The first kappa shape index (κ1) is 11.2. The lowest BCUT2D eigenvalue weighted by molar-refractivity contribution is 1.42. The van der Waals surface area contributed by atoms with E-state index >= 15 is 0 Å². The van der Waals surface area contributed by atoms with Crippen LogP contribution in [-0.2, 0) is 0 Å². The van der Waals surface area contributed by atoms with Crippen LogP contribution in [0.3, 0.4) is 0 Å². The monoisotopic (exact) mass is 272 g/mol. The molecule has 16 heavy (non-hydrogen) atoms. The fraction of sp³-hybridized carbons (Fsp3) is 0.0667. The van der Waals surface area contributed by atoms with Crippen LogP contribution in [0.25, 0.3) is 16.3 Å². The maximum absolute atomic E-state index is 3.79. The van der Waals surface area contributed by atoms with Gasteiger partial charge >= 0.3 is 0 Å². The molecule has 1 heteroatoms. The van der Waals surface area contributed by atoms with Crippen LogP contribution in [0.4, 0.5) is 0 Å². The van der Waals surface area contributed by atoms with Gasteiger partial charge in [-0.1, -0.05) is 64.5 Å². The molecule has 0 saturated heterocycles. The molecule has 0 atom stereocenters. The van der Waals surface area contributed by atoms with Gasteiger partial charge in [0.15, 0.2) is 0 Å². The molecule has 2 rings (SSSR count). The number of hydrogen-bond acceptors (Lipinski definition) is 0. The Hall–Kier alpha value is -1.34. The quantitative estimate of drug-likeness (QED) is 0.678. The van der Waals surface area contributed by atoms with Crippen molar-refractivity contribution in [3.8, 4) is 0 Å². The third-order valence-electron chi connectivity index (χ3n) is 2.63. The molecule has 0 amide bonds. The molecule has 0 unspecified atom stereocenters. The summed E-state index contributed by atoms with van der Waals surface area (Å²) in [7, 11) is 0. The molecule has 2 aromatic carbocycles. The van der Waals surface area contributed by atoms with E-state index in [1.165, 1.54) is 21.9 Å². The second-order valence-electron chi connectivity index (χ2n) is 3.65. The second-order valence-corrected chi connectivity index (χ2v) is 4.11. The summed E-state index contributed by atoms with van der Waals surface area (Å²) in [5, 5.41) is 2.56. The Labute approximate surface area is 104 Å². The molecule has 0 bridgehead atoms. The average molecular weight is 273 g/mol. The molecule has 80 valence electrons. The van der Waals surface area contributed by atoms with Gasteiger partial charge in [0.1, 0.15) is 0 Å². The van der Waals surface area contributed by atoms with Crippen molar-refractivity contribution in [2.45, 2.75) is 6.42 Å². The molecule has 0 fully saturated rings. The summed E-state index contributed by atoms with van der Waals surface area (Å²) >= 11 is 3.43. The topological polar surface area (TPSA) is 0 Å². The van der Waals surface area contributed by atoms with Crippen molar-refractivity contribution in [3.05, 3.63) is 65.7 Å². The van der Waals surface area contributed by atoms with Crippen molar-refractivity contribution in [1.29, 1.82) is 0 Å². The number of fused-ring (bicyclic) bond motifs is 1. The van der Waals surface area contributed by atoms with Gasteiger partial charge in [-0.25, -0.2) is 0 Å². The number of benzene rings is 2. The van der Waals surface area contributed by atoms with Gasteiger partial charge in [0.25, 0.3) is 0 Å². The van der Waals surface area contributed by atoms with Gasteiger partial charge in [-0.3, -0.25) is 0 Å². The fourth-order valence-corrected chi connectivity index (χ4v) is 2.31. The molecule has 0 nitrogen and oxygen atoms in total. The van der Waals surface area contributed by atoms with Gasteiger partial charge in [-0.05, 0) is 33.3 Å². The maximum atomic E-state index is 3.79. The van der Waals surface area contributed by atoms with Gasteiger partial charge in [-0.15, -0.1) is 6.58 Å². The van der Waals surface area contributed by atoms with Gasteiger partial charge < -0.3 is 0 Å². The predicted molar refractivity (Wildman–Crippen MR) is 75.7 cm³/mol. The molecule has 0 heterocycles. The highest BCUT2D eigenvalue weighted by molar-refractivity contribution is 9.11. The third-order valence-corrected chi connectivity index (χ3v) is 3.18. The second kappa shape index (κ2) is 5.13. The molecular weight excluding hydrogens is 260 g/mol. The van der Waals surface area contributed by atoms with Crippen molar-refractivity contribution in [2.75, 3.05) is 0 Å². The largest absolute Gasteiger partial charge is 0.103 e. The normalized spacial score (nSPS) is 11.7. The number of hydrogen-bond donors (Lipinski definition) is 0. The lowest BCUT2D eigenvalue weighted by Gasteiger charge is -2.08. The minimum Gasteiger partial charge on any atom is -0.103 e. The van der Waals surface area contributed by atoms with Crippen LogP contribution in [0.5, 0.6) is 0 Å². The van der Waals surface area contributed by atoms with E-state index < -0.39 is 0 Å². The molecule has 0 aromatic heterocycles.